The van der Waals surface area contributed by atoms with Crippen molar-refractivity contribution in [1.82, 2.24) is 10.3 Å². The first-order chi connectivity index (χ1) is 10.3. The predicted molar refractivity (Wildman–Crippen MR) is 87.4 cm³/mol. The molecule has 0 aliphatic heterocycles. The molecule has 3 nitrogen and oxygen atoms in total. The van der Waals surface area contributed by atoms with Crippen LogP contribution < -0.4 is 10.9 Å². The van der Waals surface area contributed by atoms with Crippen molar-refractivity contribution in [2.45, 2.75) is 51.6 Å². The molecule has 1 aliphatic rings. The van der Waals surface area contributed by atoms with Gasteiger partial charge in [-0.2, -0.15) is 0 Å². The molecule has 0 unspecified atom stereocenters. The average Bonchev–Trinajstić information content (AvgIpc) is 2.53. The topological polar surface area (TPSA) is 44.9 Å². The predicted octanol–water partition coefficient (Wildman–Crippen LogP) is 3.59. The van der Waals surface area contributed by atoms with E-state index in [1.165, 1.54) is 32.1 Å². The molecule has 0 amide bonds. The molecule has 1 aromatic heterocycles. The Hall–Kier alpha value is -1.61. The number of nitrogens with one attached hydrogen (secondary N) is 2. The van der Waals surface area contributed by atoms with Gasteiger partial charge < -0.3 is 10.3 Å². The molecule has 1 fully saturated rings. The Morgan fingerprint density at radius 1 is 1.19 bits per heavy atom. The van der Waals surface area contributed by atoms with Crippen molar-refractivity contribution < 1.29 is 0 Å². The van der Waals surface area contributed by atoms with Crippen LogP contribution in [0, 0.1) is 5.92 Å². The maximum Gasteiger partial charge on any atom is 0.252 e. The van der Waals surface area contributed by atoms with E-state index in [4.69, 9.17) is 0 Å². The lowest BCUT2D eigenvalue weighted by Gasteiger charge is -2.28. The van der Waals surface area contributed by atoms with E-state index in [0.29, 0.717) is 12.6 Å². The molecule has 0 radical (unpaired) electrons. The van der Waals surface area contributed by atoms with Crippen molar-refractivity contribution in [3.63, 3.8) is 0 Å². The quantitative estimate of drug-likeness (QED) is 0.901. The van der Waals surface area contributed by atoms with Crippen LogP contribution in [0.1, 0.15) is 44.6 Å². The summed E-state index contributed by atoms with van der Waals surface area (Å²) in [5, 5.41) is 4.67. The van der Waals surface area contributed by atoms with Gasteiger partial charge in [-0.25, -0.2) is 0 Å². The number of para-hydroxylation sites is 1. The molecule has 1 aliphatic carbocycles. The Bertz CT molecular complexity index is 654. The summed E-state index contributed by atoms with van der Waals surface area (Å²) in [6.45, 7) is 2.95. The summed E-state index contributed by atoms with van der Waals surface area (Å²) in [7, 11) is 0. The highest BCUT2D eigenvalue weighted by atomic mass is 16.1. The third-order valence-electron chi connectivity index (χ3n) is 4.84. The molecule has 0 spiro atoms. The number of H-pyrrole nitrogens is 1. The van der Waals surface area contributed by atoms with E-state index in [1.807, 2.05) is 30.3 Å². The first kappa shape index (κ1) is 14.3. The van der Waals surface area contributed by atoms with Crippen molar-refractivity contribution >= 4 is 10.9 Å². The minimum absolute atomic E-state index is 0.0310. The van der Waals surface area contributed by atoms with Gasteiger partial charge in [-0.15, -0.1) is 0 Å². The minimum atomic E-state index is 0.0310. The number of pyridine rings is 1. The number of hydrogen-bond donors (Lipinski definition) is 2. The summed E-state index contributed by atoms with van der Waals surface area (Å²) in [6, 6.07) is 10.5. The number of rotatable bonds is 4. The van der Waals surface area contributed by atoms with Gasteiger partial charge in [-0.3, -0.25) is 4.79 Å². The van der Waals surface area contributed by atoms with Gasteiger partial charge >= 0.3 is 0 Å². The van der Waals surface area contributed by atoms with Gasteiger partial charge in [0.05, 0.1) is 0 Å². The van der Waals surface area contributed by atoms with Gasteiger partial charge in [0.1, 0.15) is 0 Å². The van der Waals surface area contributed by atoms with Crippen LogP contribution in [0.4, 0.5) is 0 Å². The zero-order valence-corrected chi connectivity index (χ0v) is 12.7. The Morgan fingerprint density at radius 3 is 2.71 bits per heavy atom. The molecule has 21 heavy (non-hydrogen) atoms. The fourth-order valence-electron chi connectivity index (χ4n) is 3.35. The second-order valence-electron chi connectivity index (χ2n) is 6.22. The minimum Gasteiger partial charge on any atom is -0.322 e. The third-order valence-corrected chi connectivity index (χ3v) is 4.84. The first-order valence-electron chi connectivity index (χ1n) is 8.10. The lowest BCUT2D eigenvalue weighted by molar-refractivity contribution is 0.285. The van der Waals surface area contributed by atoms with E-state index in [-0.39, 0.29) is 5.56 Å². The van der Waals surface area contributed by atoms with Gasteiger partial charge in [0.2, 0.25) is 0 Å². The molecule has 1 heterocycles. The highest BCUT2D eigenvalue weighted by Gasteiger charge is 2.19. The van der Waals surface area contributed by atoms with E-state index in [0.717, 1.165) is 22.4 Å². The van der Waals surface area contributed by atoms with Crippen LogP contribution in [0.2, 0.25) is 0 Å². The largest absolute Gasteiger partial charge is 0.322 e. The highest BCUT2D eigenvalue weighted by molar-refractivity contribution is 5.78. The fourth-order valence-corrected chi connectivity index (χ4v) is 3.35. The molecule has 0 atom stereocenters. The molecule has 3 heteroatoms. The molecule has 2 aromatic rings. The van der Waals surface area contributed by atoms with Crippen LogP contribution in [0.5, 0.6) is 0 Å². The number of fused-ring (bicyclic) bond motifs is 1. The molecule has 1 saturated carbocycles. The van der Waals surface area contributed by atoms with Gasteiger partial charge in [-0.05, 0) is 49.1 Å². The molecule has 1 aromatic carbocycles. The number of aromatic nitrogens is 1. The second kappa shape index (κ2) is 6.44. The van der Waals surface area contributed by atoms with Crippen LogP contribution in [-0.2, 0) is 6.54 Å². The van der Waals surface area contributed by atoms with Crippen molar-refractivity contribution in [2.24, 2.45) is 5.92 Å². The van der Waals surface area contributed by atoms with Gasteiger partial charge in [0.15, 0.2) is 0 Å². The van der Waals surface area contributed by atoms with E-state index >= 15 is 0 Å². The van der Waals surface area contributed by atoms with Crippen LogP contribution in [-0.4, -0.2) is 11.0 Å². The molecule has 0 saturated heterocycles. The van der Waals surface area contributed by atoms with E-state index in [1.54, 1.807) is 0 Å². The van der Waals surface area contributed by atoms with E-state index in [2.05, 4.69) is 17.2 Å². The summed E-state index contributed by atoms with van der Waals surface area (Å²) >= 11 is 0. The SMILES string of the molecule is CCC1CCC(NCc2cc3ccccc3[nH]c2=O)CC1. The normalized spacial score (nSPS) is 22.5. The van der Waals surface area contributed by atoms with Crippen molar-refractivity contribution in [3.8, 4) is 0 Å². The summed E-state index contributed by atoms with van der Waals surface area (Å²) in [6.07, 6.45) is 6.43. The van der Waals surface area contributed by atoms with Crippen molar-refractivity contribution in [1.29, 1.82) is 0 Å². The second-order valence-corrected chi connectivity index (χ2v) is 6.22. The number of aromatic amines is 1. The summed E-state index contributed by atoms with van der Waals surface area (Å²) in [4.78, 5) is 15.1. The highest BCUT2D eigenvalue weighted by Crippen LogP contribution is 2.26. The smallest absolute Gasteiger partial charge is 0.252 e. The van der Waals surface area contributed by atoms with Crippen LogP contribution in [0.3, 0.4) is 0 Å². The maximum absolute atomic E-state index is 12.1. The zero-order valence-electron chi connectivity index (χ0n) is 12.7. The molecule has 3 rings (SSSR count). The van der Waals surface area contributed by atoms with Crippen LogP contribution in [0.15, 0.2) is 35.1 Å². The van der Waals surface area contributed by atoms with Crippen molar-refractivity contribution in [2.75, 3.05) is 0 Å². The van der Waals surface area contributed by atoms with Gasteiger partial charge in [0, 0.05) is 23.7 Å². The van der Waals surface area contributed by atoms with Gasteiger partial charge in [0.25, 0.3) is 5.56 Å². The third kappa shape index (κ3) is 3.35. The van der Waals surface area contributed by atoms with Gasteiger partial charge in [-0.1, -0.05) is 31.5 Å². The molecular formula is C18H24N2O. The maximum atomic E-state index is 12.1. The summed E-state index contributed by atoms with van der Waals surface area (Å²) in [5.74, 6) is 0.909. The zero-order chi connectivity index (χ0) is 14.7. The molecule has 112 valence electrons. The van der Waals surface area contributed by atoms with E-state index < -0.39 is 0 Å². The monoisotopic (exact) mass is 284 g/mol. The van der Waals surface area contributed by atoms with E-state index in [9.17, 15) is 4.79 Å². The summed E-state index contributed by atoms with van der Waals surface area (Å²) in [5.41, 5.74) is 1.78. The number of benzene rings is 1. The molecule has 0 bridgehead atoms. The lowest BCUT2D eigenvalue weighted by Crippen LogP contribution is -2.34. The number of hydrogen-bond acceptors (Lipinski definition) is 2. The van der Waals surface area contributed by atoms with Crippen LogP contribution >= 0.6 is 0 Å². The van der Waals surface area contributed by atoms with Crippen molar-refractivity contribution in [3.05, 3.63) is 46.2 Å². The fraction of sp³-hybridized carbons (Fsp3) is 0.500. The first-order valence-corrected chi connectivity index (χ1v) is 8.10. The molecular weight excluding hydrogens is 260 g/mol. The Morgan fingerprint density at radius 2 is 1.95 bits per heavy atom. The van der Waals surface area contributed by atoms with Crippen LogP contribution in [0.25, 0.3) is 10.9 Å². The Labute approximate surface area is 125 Å². The Balaban J connectivity index is 1.65. The molecule has 2 N–H and O–H groups in total. The summed E-state index contributed by atoms with van der Waals surface area (Å²) < 4.78 is 0. The standard InChI is InChI=1S/C18H24N2O/c1-2-13-7-9-16(10-8-13)19-12-15-11-14-5-3-4-6-17(14)20-18(15)21/h3-6,11,13,16,19H,2,7-10,12H2,1H3,(H,20,21). The lowest BCUT2D eigenvalue weighted by atomic mass is 9.84. The Kier molecular flexibility index (Phi) is 4.39. The average molecular weight is 284 g/mol.